The Hall–Kier alpha value is -3.03. The number of hydrogen-bond acceptors (Lipinski definition) is 3. The first-order valence-corrected chi connectivity index (χ1v) is 8.84. The van der Waals surface area contributed by atoms with Gasteiger partial charge in [-0.1, -0.05) is 18.2 Å². The largest absolute Gasteiger partial charge is 0.471 e. The van der Waals surface area contributed by atoms with Gasteiger partial charge < -0.3 is 15.1 Å². The third kappa shape index (κ3) is 4.44. The maximum atomic E-state index is 12.7. The third-order valence-electron chi connectivity index (χ3n) is 4.69. The molecule has 0 unspecified atom stereocenters. The van der Waals surface area contributed by atoms with Gasteiger partial charge in [0.1, 0.15) is 0 Å². The van der Waals surface area contributed by atoms with Crippen LogP contribution >= 0.6 is 0 Å². The molecule has 148 valence electrons. The number of alkyl halides is 3. The highest BCUT2D eigenvalue weighted by Crippen LogP contribution is 2.23. The van der Waals surface area contributed by atoms with Crippen LogP contribution < -0.4 is 10.2 Å². The highest BCUT2D eigenvalue weighted by Gasteiger charge is 2.38. The molecule has 0 saturated carbocycles. The number of nitrogens with one attached hydrogen (secondary N) is 1. The Morgan fingerprint density at radius 2 is 1.54 bits per heavy atom. The van der Waals surface area contributed by atoms with Crippen LogP contribution in [0.5, 0.6) is 0 Å². The number of nitrogens with zero attached hydrogens (tertiary/aromatic N) is 2. The van der Waals surface area contributed by atoms with Gasteiger partial charge in [-0.25, -0.2) is 0 Å². The first-order valence-electron chi connectivity index (χ1n) is 8.84. The number of carbonyl (C=O) groups excluding carboxylic acids is 2. The van der Waals surface area contributed by atoms with Crippen LogP contribution in [0.1, 0.15) is 15.9 Å². The first-order chi connectivity index (χ1) is 13.3. The molecule has 2 aromatic rings. The molecule has 0 atom stereocenters. The molecule has 28 heavy (non-hydrogen) atoms. The van der Waals surface area contributed by atoms with Crippen LogP contribution in [0, 0.1) is 6.92 Å². The van der Waals surface area contributed by atoms with E-state index in [1.807, 2.05) is 36.5 Å². The SMILES string of the molecule is Cc1ccccc1C(=O)N1CCN(c2ccc(NC(=O)C(F)(F)F)cc2)CC1. The van der Waals surface area contributed by atoms with E-state index in [9.17, 15) is 22.8 Å². The maximum absolute atomic E-state index is 12.7. The maximum Gasteiger partial charge on any atom is 0.471 e. The number of hydrogen-bond donors (Lipinski definition) is 1. The fourth-order valence-corrected chi connectivity index (χ4v) is 3.11. The van der Waals surface area contributed by atoms with Crippen molar-refractivity contribution in [3.05, 3.63) is 59.7 Å². The highest BCUT2D eigenvalue weighted by molar-refractivity contribution is 5.96. The predicted molar refractivity (Wildman–Crippen MR) is 100 cm³/mol. The fourth-order valence-electron chi connectivity index (χ4n) is 3.11. The zero-order valence-electron chi connectivity index (χ0n) is 15.3. The van der Waals surface area contributed by atoms with Gasteiger partial charge in [-0.3, -0.25) is 9.59 Å². The van der Waals surface area contributed by atoms with Crippen molar-refractivity contribution in [2.75, 3.05) is 36.4 Å². The number of piperazine rings is 1. The van der Waals surface area contributed by atoms with Crippen LogP contribution in [0.3, 0.4) is 0 Å². The van der Waals surface area contributed by atoms with Crippen molar-refractivity contribution in [3.63, 3.8) is 0 Å². The number of carbonyl (C=O) groups is 2. The molecule has 1 fully saturated rings. The third-order valence-corrected chi connectivity index (χ3v) is 4.69. The number of halogens is 3. The van der Waals surface area contributed by atoms with E-state index in [0.29, 0.717) is 31.7 Å². The van der Waals surface area contributed by atoms with E-state index in [1.54, 1.807) is 17.0 Å². The first kappa shape index (κ1) is 19.7. The lowest BCUT2D eigenvalue weighted by Crippen LogP contribution is -2.48. The summed E-state index contributed by atoms with van der Waals surface area (Å²) in [5.74, 6) is -1.99. The van der Waals surface area contributed by atoms with Gasteiger partial charge in [-0.05, 0) is 42.8 Å². The molecule has 5 nitrogen and oxygen atoms in total. The van der Waals surface area contributed by atoms with E-state index >= 15 is 0 Å². The number of amides is 2. The molecule has 8 heteroatoms. The zero-order valence-corrected chi connectivity index (χ0v) is 15.3. The summed E-state index contributed by atoms with van der Waals surface area (Å²) in [6.45, 7) is 4.25. The summed E-state index contributed by atoms with van der Waals surface area (Å²) >= 11 is 0. The van der Waals surface area contributed by atoms with Crippen LogP contribution in [-0.4, -0.2) is 49.1 Å². The normalized spacial score (nSPS) is 14.7. The second kappa shape index (κ2) is 7.92. The van der Waals surface area contributed by atoms with Crippen molar-refractivity contribution in [1.29, 1.82) is 0 Å². The molecule has 1 N–H and O–H groups in total. The van der Waals surface area contributed by atoms with E-state index in [-0.39, 0.29) is 11.6 Å². The zero-order chi connectivity index (χ0) is 20.3. The van der Waals surface area contributed by atoms with E-state index in [2.05, 4.69) is 4.90 Å². The summed E-state index contributed by atoms with van der Waals surface area (Å²) in [6, 6.07) is 13.6. The Bertz CT molecular complexity index is 858. The van der Waals surface area contributed by atoms with Gasteiger partial charge >= 0.3 is 12.1 Å². The molecule has 1 heterocycles. The second-order valence-electron chi connectivity index (χ2n) is 6.59. The van der Waals surface area contributed by atoms with E-state index < -0.39 is 12.1 Å². The number of anilines is 2. The van der Waals surface area contributed by atoms with Crippen LogP contribution in [0.2, 0.25) is 0 Å². The molecule has 1 aliphatic rings. The Morgan fingerprint density at radius 1 is 0.929 bits per heavy atom. The average Bonchev–Trinajstić information content (AvgIpc) is 2.68. The molecule has 3 rings (SSSR count). The van der Waals surface area contributed by atoms with Gasteiger partial charge in [-0.15, -0.1) is 0 Å². The van der Waals surface area contributed by atoms with Gasteiger partial charge in [0.15, 0.2) is 0 Å². The average molecular weight is 391 g/mol. The quantitative estimate of drug-likeness (QED) is 0.872. The Morgan fingerprint density at radius 3 is 2.11 bits per heavy atom. The molecule has 0 aliphatic carbocycles. The minimum atomic E-state index is -4.92. The van der Waals surface area contributed by atoms with Gasteiger partial charge in [-0.2, -0.15) is 13.2 Å². The molecule has 1 aliphatic heterocycles. The summed E-state index contributed by atoms with van der Waals surface area (Å²) in [7, 11) is 0. The minimum Gasteiger partial charge on any atom is -0.368 e. The van der Waals surface area contributed by atoms with Crippen LogP contribution in [0.25, 0.3) is 0 Å². The van der Waals surface area contributed by atoms with Crippen molar-refractivity contribution in [2.24, 2.45) is 0 Å². The molecule has 1 saturated heterocycles. The standard InChI is InChI=1S/C20H20F3N3O2/c1-14-4-2-3-5-17(14)18(27)26-12-10-25(11-13-26)16-8-6-15(7-9-16)24-19(28)20(21,22)23/h2-9H,10-13H2,1H3,(H,24,28). The number of benzene rings is 2. The van der Waals surface area contributed by atoms with Crippen molar-refractivity contribution in [3.8, 4) is 0 Å². The van der Waals surface area contributed by atoms with Gasteiger partial charge in [0.2, 0.25) is 0 Å². The highest BCUT2D eigenvalue weighted by atomic mass is 19.4. The molecule has 0 spiro atoms. The topological polar surface area (TPSA) is 52.7 Å². The molecule has 0 radical (unpaired) electrons. The minimum absolute atomic E-state index is 0.00274. The van der Waals surface area contributed by atoms with E-state index in [1.165, 1.54) is 12.1 Å². The molecule has 0 bridgehead atoms. The van der Waals surface area contributed by atoms with Crippen LogP contribution in [-0.2, 0) is 4.79 Å². The summed E-state index contributed by atoms with van der Waals surface area (Å²) in [4.78, 5) is 27.5. The molecular formula is C20H20F3N3O2. The summed E-state index contributed by atoms with van der Waals surface area (Å²) in [5, 5.41) is 1.82. The number of rotatable bonds is 3. The van der Waals surface area contributed by atoms with Crippen molar-refractivity contribution >= 4 is 23.2 Å². The van der Waals surface area contributed by atoms with Crippen molar-refractivity contribution in [1.82, 2.24) is 4.90 Å². The van der Waals surface area contributed by atoms with Gasteiger partial charge in [0, 0.05) is 43.1 Å². The smallest absolute Gasteiger partial charge is 0.368 e. The van der Waals surface area contributed by atoms with Crippen molar-refractivity contribution < 1.29 is 22.8 Å². The lowest BCUT2D eigenvalue weighted by atomic mass is 10.1. The molecule has 2 amide bonds. The van der Waals surface area contributed by atoms with Gasteiger partial charge in [0.25, 0.3) is 5.91 Å². The number of aryl methyl sites for hydroxylation is 1. The predicted octanol–water partition coefficient (Wildman–Crippen LogP) is 3.46. The van der Waals surface area contributed by atoms with Crippen LogP contribution in [0.4, 0.5) is 24.5 Å². The summed E-state index contributed by atoms with van der Waals surface area (Å²) < 4.78 is 36.9. The Labute approximate surface area is 160 Å². The molecular weight excluding hydrogens is 371 g/mol. The lowest BCUT2D eigenvalue weighted by Gasteiger charge is -2.36. The monoisotopic (exact) mass is 391 g/mol. The van der Waals surface area contributed by atoms with Crippen molar-refractivity contribution in [2.45, 2.75) is 13.1 Å². The van der Waals surface area contributed by atoms with E-state index in [0.717, 1.165) is 11.3 Å². The second-order valence-corrected chi connectivity index (χ2v) is 6.59. The molecule has 0 aromatic heterocycles. The van der Waals surface area contributed by atoms with Gasteiger partial charge in [0.05, 0.1) is 0 Å². The fraction of sp³-hybridized carbons (Fsp3) is 0.300. The van der Waals surface area contributed by atoms with E-state index in [4.69, 9.17) is 0 Å². The lowest BCUT2D eigenvalue weighted by molar-refractivity contribution is -0.167. The Balaban J connectivity index is 1.58. The Kier molecular flexibility index (Phi) is 5.58. The molecule has 2 aromatic carbocycles. The summed E-state index contributed by atoms with van der Waals surface area (Å²) in [5.41, 5.74) is 2.54. The summed E-state index contributed by atoms with van der Waals surface area (Å²) in [6.07, 6.45) is -4.92. The van der Waals surface area contributed by atoms with Crippen LogP contribution in [0.15, 0.2) is 48.5 Å².